The molecule has 0 atom stereocenters. The van der Waals surface area contributed by atoms with Gasteiger partial charge in [-0.2, -0.15) is 0 Å². The molecule has 1 aromatic carbocycles. The van der Waals surface area contributed by atoms with Gasteiger partial charge in [0.15, 0.2) is 0 Å². The highest BCUT2D eigenvalue weighted by Crippen LogP contribution is 2.11. The molecule has 3 aromatic rings. The maximum Gasteiger partial charge on any atom is 0.272 e. The second-order valence-corrected chi connectivity index (χ2v) is 5.08. The second-order valence-electron chi connectivity index (χ2n) is 5.08. The zero-order chi connectivity index (χ0) is 17.5. The molecular formula is C19H15N3O3. The number of aromatic nitrogens is 1. The number of benzene rings is 1. The topological polar surface area (TPSA) is 84.2 Å². The fourth-order valence-corrected chi connectivity index (χ4v) is 2.09. The van der Waals surface area contributed by atoms with E-state index in [4.69, 9.17) is 4.42 Å². The molecule has 0 saturated heterocycles. The molecule has 0 fully saturated rings. The summed E-state index contributed by atoms with van der Waals surface area (Å²) in [7, 11) is 0. The average molecular weight is 333 g/mol. The lowest BCUT2D eigenvalue weighted by Crippen LogP contribution is -2.30. The molecule has 2 heterocycles. The van der Waals surface area contributed by atoms with Crippen molar-refractivity contribution in [3.8, 4) is 0 Å². The Bertz CT molecular complexity index is 873. The highest BCUT2D eigenvalue weighted by Gasteiger charge is 2.15. The van der Waals surface area contributed by atoms with Gasteiger partial charge in [-0.1, -0.05) is 18.2 Å². The van der Waals surface area contributed by atoms with E-state index in [0.29, 0.717) is 17.0 Å². The molecule has 0 unspecified atom stereocenters. The van der Waals surface area contributed by atoms with Crippen LogP contribution in [0.4, 0.5) is 5.69 Å². The van der Waals surface area contributed by atoms with Crippen molar-refractivity contribution in [1.29, 1.82) is 0 Å². The molecule has 2 amide bonds. The van der Waals surface area contributed by atoms with Gasteiger partial charge in [-0.3, -0.25) is 14.6 Å². The molecular weight excluding hydrogens is 318 g/mol. The number of amides is 2. The number of nitrogens with one attached hydrogen (secondary N) is 2. The van der Waals surface area contributed by atoms with Crippen LogP contribution in [0.25, 0.3) is 6.08 Å². The minimum absolute atomic E-state index is 0.0700. The summed E-state index contributed by atoms with van der Waals surface area (Å²) in [6.45, 7) is 0. The Morgan fingerprint density at radius 1 is 0.960 bits per heavy atom. The van der Waals surface area contributed by atoms with Gasteiger partial charge in [0.1, 0.15) is 11.5 Å². The highest BCUT2D eigenvalue weighted by atomic mass is 16.3. The number of hydrogen-bond acceptors (Lipinski definition) is 4. The van der Waals surface area contributed by atoms with Crippen LogP contribution in [0.1, 0.15) is 16.1 Å². The molecule has 3 rings (SSSR count). The molecule has 0 radical (unpaired) electrons. The Morgan fingerprint density at radius 2 is 1.72 bits per heavy atom. The van der Waals surface area contributed by atoms with Gasteiger partial charge in [0.2, 0.25) is 0 Å². The van der Waals surface area contributed by atoms with Crippen molar-refractivity contribution in [3.63, 3.8) is 0 Å². The van der Waals surface area contributed by atoms with E-state index in [2.05, 4.69) is 15.6 Å². The predicted octanol–water partition coefficient (Wildman–Crippen LogP) is 3.08. The third kappa shape index (κ3) is 4.42. The Labute approximate surface area is 144 Å². The number of furan rings is 1. The Hall–Kier alpha value is -3.67. The van der Waals surface area contributed by atoms with Gasteiger partial charge < -0.3 is 15.1 Å². The molecule has 6 nitrogen and oxygen atoms in total. The van der Waals surface area contributed by atoms with E-state index in [9.17, 15) is 9.59 Å². The third-order valence-electron chi connectivity index (χ3n) is 3.30. The van der Waals surface area contributed by atoms with Crippen LogP contribution in [0, 0.1) is 0 Å². The first-order valence-corrected chi connectivity index (χ1v) is 7.55. The lowest BCUT2D eigenvalue weighted by atomic mass is 10.2. The quantitative estimate of drug-likeness (QED) is 0.703. The molecule has 0 aliphatic rings. The molecule has 6 heteroatoms. The fraction of sp³-hybridized carbons (Fsp3) is 0. The molecule has 2 aromatic heterocycles. The number of hydrogen-bond donors (Lipinski definition) is 2. The first-order chi connectivity index (χ1) is 12.2. The molecule has 0 saturated carbocycles. The summed E-state index contributed by atoms with van der Waals surface area (Å²) >= 11 is 0. The Kier molecular flexibility index (Phi) is 5.01. The van der Waals surface area contributed by atoms with E-state index < -0.39 is 5.91 Å². The summed E-state index contributed by atoms with van der Waals surface area (Å²) in [5, 5.41) is 5.33. The summed E-state index contributed by atoms with van der Waals surface area (Å²) in [6.07, 6.45) is 6.09. The molecule has 25 heavy (non-hydrogen) atoms. The average Bonchev–Trinajstić information content (AvgIpc) is 3.16. The first kappa shape index (κ1) is 16.2. The number of rotatable bonds is 5. The Morgan fingerprint density at radius 3 is 2.40 bits per heavy atom. The van der Waals surface area contributed by atoms with Crippen LogP contribution in [-0.4, -0.2) is 16.8 Å². The van der Waals surface area contributed by atoms with Crippen molar-refractivity contribution in [3.05, 3.63) is 90.3 Å². The first-order valence-electron chi connectivity index (χ1n) is 7.55. The van der Waals surface area contributed by atoms with Crippen molar-refractivity contribution in [2.75, 3.05) is 5.32 Å². The van der Waals surface area contributed by atoms with Crippen molar-refractivity contribution < 1.29 is 14.0 Å². The molecule has 0 spiro atoms. The van der Waals surface area contributed by atoms with Gasteiger partial charge in [-0.05, 0) is 36.4 Å². The summed E-state index contributed by atoms with van der Waals surface area (Å²) in [5.74, 6) is -0.400. The van der Waals surface area contributed by atoms with Crippen LogP contribution in [-0.2, 0) is 4.79 Å². The number of anilines is 1. The van der Waals surface area contributed by atoms with Gasteiger partial charge in [-0.25, -0.2) is 0 Å². The Balaban J connectivity index is 1.83. The maximum atomic E-state index is 12.5. The van der Waals surface area contributed by atoms with Gasteiger partial charge in [0, 0.05) is 29.7 Å². The number of carbonyl (C=O) groups excluding carboxylic acids is 2. The molecule has 0 aliphatic heterocycles. The highest BCUT2D eigenvalue weighted by molar-refractivity contribution is 6.10. The predicted molar refractivity (Wildman–Crippen MR) is 93.5 cm³/mol. The SMILES string of the molecule is O=C(Nc1ccncc1)/C(=C\c1ccco1)NC(=O)c1ccccc1. The second kappa shape index (κ2) is 7.74. The van der Waals surface area contributed by atoms with E-state index in [1.54, 1.807) is 60.9 Å². The van der Waals surface area contributed by atoms with E-state index in [1.165, 1.54) is 12.3 Å². The standard InChI is InChI=1S/C19H15N3O3/c23-18(14-5-2-1-3-6-14)22-17(13-16-7-4-12-25-16)19(24)21-15-8-10-20-11-9-15/h1-13H,(H,22,23)(H,20,21,24)/b17-13+. The van der Waals surface area contributed by atoms with Crippen LogP contribution in [0.2, 0.25) is 0 Å². The molecule has 124 valence electrons. The molecule has 0 aliphatic carbocycles. The lowest BCUT2D eigenvalue weighted by Gasteiger charge is -2.10. The van der Waals surface area contributed by atoms with Crippen molar-refractivity contribution in [1.82, 2.24) is 10.3 Å². The van der Waals surface area contributed by atoms with Crippen molar-refractivity contribution in [2.45, 2.75) is 0 Å². The van der Waals surface area contributed by atoms with Crippen molar-refractivity contribution >= 4 is 23.6 Å². The lowest BCUT2D eigenvalue weighted by molar-refractivity contribution is -0.113. The molecule has 2 N–H and O–H groups in total. The summed E-state index contributed by atoms with van der Waals surface area (Å²) in [6, 6.07) is 15.3. The van der Waals surface area contributed by atoms with Gasteiger partial charge >= 0.3 is 0 Å². The van der Waals surface area contributed by atoms with Crippen LogP contribution in [0.3, 0.4) is 0 Å². The van der Waals surface area contributed by atoms with Gasteiger partial charge in [0.25, 0.3) is 11.8 Å². The largest absolute Gasteiger partial charge is 0.465 e. The smallest absolute Gasteiger partial charge is 0.272 e. The van der Waals surface area contributed by atoms with Crippen LogP contribution < -0.4 is 10.6 Å². The normalized spacial score (nSPS) is 11.0. The van der Waals surface area contributed by atoms with Crippen molar-refractivity contribution in [2.24, 2.45) is 0 Å². The number of nitrogens with zero attached hydrogens (tertiary/aromatic N) is 1. The molecule has 0 bridgehead atoms. The monoisotopic (exact) mass is 333 g/mol. The van der Waals surface area contributed by atoms with Gasteiger partial charge in [0.05, 0.1) is 6.26 Å². The number of carbonyl (C=O) groups is 2. The maximum absolute atomic E-state index is 12.5. The van der Waals surface area contributed by atoms with E-state index in [-0.39, 0.29) is 11.6 Å². The zero-order valence-electron chi connectivity index (χ0n) is 13.2. The van der Waals surface area contributed by atoms with E-state index >= 15 is 0 Å². The van der Waals surface area contributed by atoms with Crippen LogP contribution >= 0.6 is 0 Å². The fourth-order valence-electron chi connectivity index (χ4n) is 2.09. The van der Waals surface area contributed by atoms with E-state index in [1.807, 2.05) is 6.07 Å². The number of pyridine rings is 1. The van der Waals surface area contributed by atoms with Gasteiger partial charge in [-0.15, -0.1) is 0 Å². The summed E-state index contributed by atoms with van der Waals surface area (Å²) < 4.78 is 5.23. The van der Waals surface area contributed by atoms with Crippen LogP contribution in [0.15, 0.2) is 83.4 Å². The summed E-state index contributed by atoms with van der Waals surface area (Å²) in [4.78, 5) is 28.8. The summed E-state index contributed by atoms with van der Waals surface area (Å²) in [5.41, 5.74) is 1.09. The van der Waals surface area contributed by atoms with Crippen LogP contribution in [0.5, 0.6) is 0 Å². The zero-order valence-corrected chi connectivity index (χ0v) is 13.2. The minimum Gasteiger partial charge on any atom is -0.465 e. The third-order valence-corrected chi connectivity index (χ3v) is 3.30. The van der Waals surface area contributed by atoms with E-state index in [0.717, 1.165) is 0 Å². The minimum atomic E-state index is -0.466.